The van der Waals surface area contributed by atoms with Gasteiger partial charge in [0.05, 0.1) is 5.69 Å². The number of aromatic nitrogens is 1. The summed E-state index contributed by atoms with van der Waals surface area (Å²) >= 11 is 0. The van der Waals surface area contributed by atoms with Crippen LogP contribution >= 0.6 is 0 Å². The molecule has 54 heavy (non-hydrogen) atoms. The topological polar surface area (TPSA) is 26.0 Å². The summed E-state index contributed by atoms with van der Waals surface area (Å²) in [4.78, 5) is 4.83. The normalized spacial score (nSPS) is 14.0. The summed E-state index contributed by atoms with van der Waals surface area (Å²) in [6.07, 6.45) is 6.15. The predicted octanol–water partition coefficient (Wildman–Crippen LogP) is 14.1. The monoisotopic (exact) mass is 691 g/mol. The lowest BCUT2D eigenvalue weighted by atomic mass is 9.78. The number of fused-ring (bicyclic) bond motifs is 8. The molecule has 0 aliphatic heterocycles. The Morgan fingerprint density at radius 3 is 1.89 bits per heavy atom. The third kappa shape index (κ3) is 4.56. The van der Waals surface area contributed by atoms with Gasteiger partial charge in [0.25, 0.3) is 0 Å². The minimum absolute atomic E-state index is 0.133. The highest BCUT2D eigenvalue weighted by molar-refractivity contribution is 6.25. The van der Waals surface area contributed by atoms with Crippen molar-refractivity contribution in [2.24, 2.45) is 0 Å². The highest BCUT2D eigenvalue weighted by atomic mass is 16.4. The molecule has 0 fully saturated rings. The number of hydrogen-bond donors (Lipinski definition) is 0. The lowest BCUT2D eigenvalue weighted by Gasteiger charge is -2.24. The van der Waals surface area contributed by atoms with Gasteiger partial charge in [0, 0.05) is 11.0 Å². The zero-order valence-corrected chi connectivity index (χ0v) is 30.4. The molecular weight excluding hydrogens is 655 g/mol. The molecule has 11 rings (SSSR count). The van der Waals surface area contributed by atoms with Gasteiger partial charge in [-0.25, -0.2) is 4.98 Å². The summed E-state index contributed by atoms with van der Waals surface area (Å²) in [7, 11) is 0. The van der Waals surface area contributed by atoms with Crippen molar-refractivity contribution in [2.75, 3.05) is 0 Å². The second-order valence-corrected chi connectivity index (χ2v) is 15.3. The summed E-state index contributed by atoms with van der Waals surface area (Å²) < 4.78 is 6.16. The van der Waals surface area contributed by atoms with Gasteiger partial charge < -0.3 is 4.42 Å². The fraction of sp³-hybridized carbons (Fsp3) is 0.0962. The highest BCUT2D eigenvalue weighted by Gasteiger charge is 2.37. The molecule has 0 unspecified atom stereocenters. The van der Waals surface area contributed by atoms with Crippen molar-refractivity contribution in [3.8, 4) is 56.0 Å². The van der Waals surface area contributed by atoms with E-state index in [0.717, 1.165) is 35.4 Å². The number of hydrogen-bond acceptors (Lipinski definition) is 2. The van der Waals surface area contributed by atoms with Crippen LogP contribution in [0.25, 0.3) is 94.4 Å². The van der Waals surface area contributed by atoms with Crippen molar-refractivity contribution in [3.05, 3.63) is 180 Å². The number of rotatable bonds is 4. The van der Waals surface area contributed by atoms with Crippen LogP contribution in [0.1, 0.15) is 42.8 Å². The minimum Gasteiger partial charge on any atom is -0.436 e. The summed E-state index contributed by atoms with van der Waals surface area (Å²) in [6.45, 7) is 4.77. The molecule has 8 aromatic carbocycles. The standard InChI is InChI=1S/C52H37NO/c1-52(2)44-21-11-10-20-41(44)50-37-17-7-6-16-36(37)43(31-45(50)52)49-39-19-9-8-18-38(39)48(33-14-4-3-5-15-33)40-29-28-35(30-42(40)49)32-24-26-34(27-25-32)51-53-46-22-12-13-23-47(46)54-51/h3-11,13-21,23-31H,12,22H2,1-2H3. The van der Waals surface area contributed by atoms with E-state index >= 15 is 0 Å². The SMILES string of the molecule is CC1(C)c2ccccc2-c2c1cc(-c1c3ccccc3c(-c3ccccc3)c3ccc(-c4ccc(-c5nc6c(o5)C=CCC6)cc4)cc13)c1ccccc21. The van der Waals surface area contributed by atoms with Crippen molar-refractivity contribution in [1.29, 1.82) is 0 Å². The minimum atomic E-state index is -0.133. The molecule has 9 aromatic rings. The first-order chi connectivity index (χ1) is 26.5. The molecule has 2 aliphatic rings. The van der Waals surface area contributed by atoms with Gasteiger partial charge in [0.2, 0.25) is 5.89 Å². The molecule has 0 spiro atoms. The molecule has 0 amide bonds. The molecule has 0 saturated heterocycles. The van der Waals surface area contributed by atoms with Gasteiger partial charge in [-0.05, 0) is 131 Å². The molecule has 2 nitrogen and oxygen atoms in total. The first-order valence-electron chi connectivity index (χ1n) is 19.0. The van der Waals surface area contributed by atoms with Crippen molar-refractivity contribution >= 4 is 38.4 Å². The Hall–Kier alpha value is -6.51. The molecular formula is C52H37NO. The quantitative estimate of drug-likeness (QED) is 0.172. The molecule has 0 radical (unpaired) electrons. The van der Waals surface area contributed by atoms with E-state index in [1.165, 1.54) is 82.4 Å². The largest absolute Gasteiger partial charge is 0.436 e. The number of oxazole rings is 1. The third-order valence-corrected chi connectivity index (χ3v) is 12.0. The van der Waals surface area contributed by atoms with E-state index in [4.69, 9.17) is 9.40 Å². The van der Waals surface area contributed by atoms with E-state index in [0.29, 0.717) is 5.89 Å². The van der Waals surface area contributed by atoms with E-state index in [9.17, 15) is 0 Å². The lowest BCUT2D eigenvalue weighted by molar-refractivity contribution is 0.560. The van der Waals surface area contributed by atoms with Gasteiger partial charge in [-0.2, -0.15) is 0 Å². The fourth-order valence-electron chi connectivity index (χ4n) is 9.33. The maximum Gasteiger partial charge on any atom is 0.226 e. The molecule has 1 aromatic heterocycles. The third-order valence-electron chi connectivity index (χ3n) is 12.0. The number of nitrogens with zero attached hydrogens (tertiary/aromatic N) is 1. The van der Waals surface area contributed by atoms with Gasteiger partial charge in [-0.1, -0.05) is 147 Å². The zero-order valence-electron chi connectivity index (χ0n) is 30.4. The van der Waals surface area contributed by atoms with Gasteiger partial charge in [-0.15, -0.1) is 0 Å². The molecule has 256 valence electrons. The zero-order chi connectivity index (χ0) is 36.0. The van der Waals surface area contributed by atoms with Crippen molar-refractivity contribution < 1.29 is 4.42 Å². The first kappa shape index (κ1) is 31.1. The van der Waals surface area contributed by atoms with E-state index in [1.54, 1.807) is 0 Å². The average Bonchev–Trinajstić information content (AvgIpc) is 3.76. The van der Waals surface area contributed by atoms with Crippen LogP contribution in [0.15, 0.2) is 162 Å². The predicted molar refractivity (Wildman–Crippen MR) is 226 cm³/mol. The van der Waals surface area contributed by atoms with Crippen LogP contribution in [-0.2, 0) is 11.8 Å². The van der Waals surface area contributed by atoms with Crippen LogP contribution < -0.4 is 0 Å². The molecule has 2 aliphatic carbocycles. The molecule has 2 heteroatoms. The fourth-order valence-corrected chi connectivity index (χ4v) is 9.33. The highest BCUT2D eigenvalue weighted by Crippen LogP contribution is 2.55. The van der Waals surface area contributed by atoms with Crippen LogP contribution in [-0.4, -0.2) is 4.98 Å². The first-order valence-corrected chi connectivity index (χ1v) is 19.0. The Morgan fingerprint density at radius 2 is 1.11 bits per heavy atom. The number of allylic oxidation sites excluding steroid dienone is 1. The molecule has 0 atom stereocenters. The van der Waals surface area contributed by atoms with Crippen LogP contribution in [0, 0.1) is 0 Å². The lowest BCUT2D eigenvalue weighted by Crippen LogP contribution is -2.15. The molecule has 1 heterocycles. The Bertz CT molecular complexity index is 3000. The second kappa shape index (κ2) is 11.7. The maximum atomic E-state index is 6.16. The Labute approximate surface area is 315 Å². The molecule has 0 N–H and O–H groups in total. The van der Waals surface area contributed by atoms with E-state index in [1.807, 2.05) is 6.08 Å². The van der Waals surface area contributed by atoms with E-state index < -0.39 is 0 Å². The van der Waals surface area contributed by atoms with Gasteiger partial charge >= 0.3 is 0 Å². The van der Waals surface area contributed by atoms with Crippen LogP contribution in [0.4, 0.5) is 0 Å². The Morgan fingerprint density at radius 1 is 0.481 bits per heavy atom. The number of benzene rings is 8. The second-order valence-electron chi connectivity index (χ2n) is 15.3. The number of aryl methyl sites for hydroxylation is 1. The van der Waals surface area contributed by atoms with Gasteiger partial charge in [0.15, 0.2) is 5.76 Å². The van der Waals surface area contributed by atoms with Crippen molar-refractivity contribution in [1.82, 2.24) is 4.98 Å². The summed E-state index contributed by atoms with van der Waals surface area (Å²) in [5.41, 5.74) is 14.8. The average molecular weight is 692 g/mol. The summed E-state index contributed by atoms with van der Waals surface area (Å²) in [5, 5.41) is 7.61. The Balaban J connectivity index is 1.19. The van der Waals surface area contributed by atoms with Crippen LogP contribution in [0.2, 0.25) is 0 Å². The van der Waals surface area contributed by atoms with Crippen LogP contribution in [0.5, 0.6) is 0 Å². The van der Waals surface area contributed by atoms with Crippen LogP contribution in [0.3, 0.4) is 0 Å². The van der Waals surface area contributed by atoms with Crippen molar-refractivity contribution in [2.45, 2.75) is 32.1 Å². The van der Waals surface area contributed by atoms with Gasteiger partial charge in [-0.3, -0.25) is 0 Å². The van der Waals surface area contributed by atoms with E-state index in [2.05, 4.69) is 172 Å². The Kier molecular flexibility index (Phi) is 6.76. The maximum absolute atomic E-state index is 6.16. The van der Waals surface area contributed by atoms with E-state index in [-0.39, 0.29) is 5.41 Å². The molecule has 0 saturated carbocycles. The summed E-state index contributed by atoms with van der Waals surface area (Å²) in [6, 6.07) is 56.2. The van der Waals surface area contributed by atoms with Crippen molar-refractivity contribution in [3.63, 3.8) is 0 Å². The smallest absolute Gasteiger partial charge is 0.226 e. The molecule has 0 bridgehead atoms. The van der Waals surface area contributed by atoms with Gasteiger partial charge in [0.1, 0.15) is 0 Å². The summed E-state index contributed by atoms with van der Waals surface area (Å²) in [5.74, 6) is 1.57.